The number of likely N-dealkylation sites (N-methyl/N-ethyl adjacent to an activating group) is 1. The molecule has 4 aromatic rings. The smallest absolute Gasteiger partial charge is 0.271 e. The van der Waals surface area contributed by atoms with Crippen molar-refractivity contribution in [2.24, 2.45) is 4.99 Å². The molecular weight excluding hydrogens is 613 g/mol. The van der Waals surface area contributed by atoms with Crippen LogP contribution in [0.25, 0.3) is 6.08 Å². The Morgan fingerprint density at radius 3 is 2.40 bits per heavy atom. The normalized spacial score (nSPS) is 14.9. The molecule has 10 heteroatoms. The zero-order valence-corrected chi connectivity index (χ0v) is 26.3. The summed E-state index contributed by atoms with van der Waals surface area (Å²) in [5.74, 6) is 0.397. The Hall–Kier alpha value is -3.36. The zero-order valence-electron chi connectivity index (χ0n) is 23.2. The highest BCUT2D eigenvalue weighted by molar-refractivity contribution is 7.07. The van der Waals surface area contributed by atoms with E-state index in [1.54, 1.807) is 45.9 Å². The van der Waals surface area contributed by atoms with Crippen molar-refractivity contribution < 1.29 is 9.53 Å². The second-order valence-electron chi connectivity index (χ2n) is 9.67. The van der Waals surface area contributed by atoms with E-state index in [1.165, 1.54) is 11.3 Å². The van der Waals surface area contributed by atoms with Gasteiger partial charge in [0.1, 0.15) is 12.4 Å². The Morgan fingerprint density at radius 2 is 1.71 bits per heavy atom. The SMILES string of the molecule is CCN(CC)C(=O)C1=C(C)N=c2s/c(=C/c3cc(Cl)ccc3OCc3ccccc3Cl)c(=O)n2[C@H]1c1ccc(Cl)cc1. The Balaban J connectivity index is 1.64. The molecule has 0 bridgehead atoms. The quantitative estimate of drug-likeness (QED) is 0.217. The van der Waals surface area contributed by atoms with Gasteiger partial charge in [-0.3, -0.25) is 14.2 Å². The van der Waals surface area contributed by atoms with Crippen LogP contribution < -0.4 is 19.6 Å². The number of nitrogens with zero attached hydrogens (tertiary/aromatic N) is 3. The Bertz CT molecular complexity index is 1860. The fraction of sp³-hybridized carbons (Fsp3) is 0.219. The van der Waals surface area contributed by atoms with Crippen LogP contribution in [0.15, 0.2) is 87.8 Å². The number of carbonyl (C=O) groups excluding carboxylic acids is 1. The van der Waals surface area contributed by atoms with Gasteiger partial charge in [0, 0.05) is 39.3 Å². The lowest BCUT2D eigenvalue weighted by Gasteiger charge is -2.29. The van der Waals surface area contributed by atoms with Gasteiger partial charge in [-0.25, -0.2) is 4.99 Å². The summed E-state index contributed by atoms with van der Waals surface area (Å²) < 4.78 is 8.15. The number of aromatic nitrogens is 1. The van der Waals surface area contributed by atoms with Gasteiger partial charge in [0.15, 0.2) is 4.80 Å². The van der Waals surface area contributed by atoms with E-state index >= 15 is 0 Å². The zero-order chi connectivity index (χ0) is 30.0. The fourth-order valence-corrected chi connectivity index (χ4v) is 6.45. The topological polar surface area (TPSA) is 63.9 Å². The Labute approximate surface area is 262 Å². The Kier molecular flexibility index (Phi) is 9.23. The van der Waals surface area contributed by atoms with Crippen molar-refractivity contribution in [2.75, 3.05) is 13.1 Å². The molecule has 0 N–H and O–H groups in total. The summed E-state index contributed by atoms with van der Waals surface area (Å²) >= 11 is 20.1. The van der Waals surface area contributed by atoms with Crippen molar-refractivity contribution in [3.8, 4) is 5.75 Å². The molecule has 5 rings (SSSR count). The highest BCUT2D eigenvalue weighted by Crippen LogP contribution is 2.32. The molecule has 0 fully saturated rings. The molecule has 1 atom stereocenters. The minimum atomic E-state index is -0.663. The average Bonchev–Trinajstić information content (AvgIpc) is 3.27. The third-order valence-electron chi connectivity index (χ3n) is 7.09. The van der Waals surface area contributed by atoms with Crippen LogP contribution in [0.4, 0.5) is 0 Å². The van der Waals surface area contributed by atoms with Gasteiger partial charge in [0.05, 0.1) is 21.8 Å². The highest BCUT2D eigenvalue weighted by Gasteiger charge is 2.34. The number of thiazole rings is 1. The number of fused-ring (bicyclic) bond motifs is 1. The first-order valence-electron chi connectivity index (χ1n) is 13.4. The molecule has 1 amide bonds. The van der Waals surface area contributed by atoms with Gasteiger partial charge in [-0.15, -0.1) is 0 Å². The van der Waals surface area contributed by atoms with E-state index in [0.29, 0.717) is 60.1 Å². The van der Waals surface area contributed by atoms with E-state index in [4.69, 9.17) is 44.5 Å². The predicted molar refractivity (Wildman–Crippen MR) is 170 cm³/mol. The second-order valence-corrected chi connectivity index (χ2v) is 12.0. The van der Waals surface area contributed by atoms with Gasteiger partial charge < -0.3 is 9.64 Å². The summed E-state index contributed by atoms with van der Waals surface area (Å²) in [7, 11) is 0. The molecule has 42 heavy (non-hydrogen) atoms. The van der Waals surface area contributed by atoms with Crippen LogP contribution in [0.1, 0.15) is 43.5 Å². The number of carbonyl (C=O) groups is 1. The minimum absolute atomic E-state index is 0.152. The maximum absolute atomic E-state index is 14.1. The van der Waals surface area contributed by atoms with Crippen molar-refractivity contribution in [1.29, 1.82) is 0 Å². The third kappa shape index (κ3) is 6.06. The summed E-state index contributed by atoms with van der Waals surface area (Å²) in [6, 6.07) is 19.3. The number of rotatable bonds is 8. The standard InChI is InChI=1S/C32H28Cl3N3O3S/c1-4-37(5-2)31(40)28-19(3)36-32-38(29(28)20-10-12-23(33)13-11-20)30(39)27(42-32)17-22-16-24(34)14-15-26(22)41-18-21-8-6-7-9-25(21)35/h6-17,29H,4-5,18H2,1-3H3/b27-17+/t29-/m0/s1. The minimum Gasteiger partial charge on any atom is -0.488 e. The second kappa shape index (κ2) is 12.9. The number of hydrogen-bond donors (Lipinski definition) is 0. The molecule has 1 aromatic heterocycles. The van der Waals surface area contributed by atoms with Crippen LogP contribution in [0.3, 0.4) is 0 Å². The third-order valence-corrected chi connectivity index (χ3v) is 8.93. The van der Waals surface area contributed by atoms with Crippen LogP contribution in [0.5, 0.6) is 5.75 Å². The van der Waals surface area contributed by atoms with Crippen LogP contribution in [0, 0.1) is 0 Å². The molecule has 0 saturated heterocycles. The number of amides is 1. The van der Waals surface area contributed by atoms with Crippen molar-refractivity contribution in [2.45, 2.75) is 33.4 Å². The lowest BCUT2D eigenvalue weighted by Crippen LogP contribution is -2.43. The first kappa shape index (κ1) is 30.1. The molecule has 6 nitrogen and oxygen atoms in total. The van der Waals surface area contributed by atoms with E-state index in [1.807, 2.05) is 57.2 Å². The molecule has 0 spiro atoms. The molecule has 0 radical (unpaired) electrons. The van der Waals surface area contributed by atoms with Gasteiger partial charge in [0.25, 0.3) is 11.5 Å². The number of ether oxygens (including phenoxy) is 1. The van der Waals surface area contributed by atoms with Gasteiger partial charge in [0.2, 0.25) is 0 Å². The lowest BCUT2D eigenvalue weighted by molar-refractivity contribution is -0.127. The number of allylic oxidation sites excluding steroid dienone is 1. The summed E-state index contributed by atoms with van der Waals surface area (Å²) in [6.07, 6.45) is 1.75. The molecule has 1 aliphatic rings. The van der Waals surface area contributed by atoms with Crippen molar-refractivity contribution >= 4 is 58.1 Å². The van der Waals surface area contributed by atoms with E-state index in [2.05, 4.69) is 0 Å². The maximum Gasteiger partial charge on any atom is 0.271 e. The van der Waals surface area contributed by atoms with Gasteiger partial charge in [-0.2, -0.15) is 0 Å². The van der Waals surface area contributed by atoms with Crippen LogP contribution in [-0.2, 0) is 11.4 Å². The first-order valence-corrected chi connectivity index (χ1v) is 15.4. The van der Waals surface area contributed by atoms with Crippen LogP contribution in [0.2, 0.25) is 15.1 Å². The largest absolute Gasteiger partial charge is 0.488 e. The summed E-state index contributed by atoms with van der Waals surface area (Å²) in [5, 5.41) is 1.67. The number of benzene rings is 3. The summed E-state index contributed by atoms with van der Waals surface area (Å²) in [4.78, 5) is 34.8. The molecule has 2 heterocycles. The van der Waals surface area contributed by atoms with Crippen LogP contribution in [-0.4, -0.2) is 28.5 Å². The van der Waals surface area contributed by atoms with E-state index in [9.17, 15) is 9.59 Å². The van der Waals surface area contributed by atoms with E-state index < -0.39 is 6.04 Å². The number of halogens is 3. The summed E-state index contributed by atoms with van der Waals surface area (Å²) in [6.45, 7) is 7.00. The average molecular weight is 641 g/mol. The molecule has 3 aromatic carbocycles. The van der Waals surface area contributed by atoms with Crippen molar-refractivity contribution in [3.63, 3.8) is 0 Å². The van der Waals surface area contributed by atoms with E-state index in [0.717, 1.165) is 11.1 Å². The van der Waals surface area contributed by atoms with Crippen molar-refractivity contribution in [1.82, 2.24) is 9.47 Å². The monoisotopic (exact) mass is 639 g/mol. The maximum atomic E-state index is 14.1. The molecule has 0 aliphatic carbocycles. The predicted octanol–water partition coefficient (Wildman–Crippen LogP) is 6.64. The molecule has 0 saturated carbocycles. The molecule has 1 aliphatic heterocycles. The van der Waals surface area contributed by atoms with Crippen LogP contribution >= 0.6 is 46.1 Å². The van der Waals surface area contributed by atoms with Crippen molar-refractivity contribution in [3.05, 3.63) is 129 Å². The lowest BCUT2D eigenvalue weighted by atomic mass is 9.94. The highest BCUT2D eigenvalue weighted by atomic mass is 35.5. The van der Waals surface area contributed by atoms with Gasteiger partial charge in [-0.05, 0) is 68.8 Å². The first-order chi connectivity index (χ1) is 20.2. The van der Waals surface area contributed by atoms with Gasteiger partial charge in [-0.1, -0.05) is 76.5 Å². The molecule has 216 valence electrons. The summed E-state index contributed by atoms with van der Waals surface area (Å²) in [5.41, 5.74) is 3.01. The van der Waals surface area contributed by atoms with Gasteiger partial charge >= 0.3 is 0 Å². The van der Waals surface area contributed by atoms with E-state index in [-0.39, 0.29) is 18.1 Å². The number of hydrogen-bond acceptors (Lipinski definition) is 5. The fourth-order valence-electron chi connectivity index (χ4n) is 4.91. The molecule has 0 unspecified atom stereocenters. The molecular formula is C32H28Cl3N3O3S. The Morgan fingerprint density at radius 1 is 1.02 bits per heavy atom.